The predicted molar refractivity (Wildman–Crippen MR) is 83.9 cm³/mol. The topological polar surface area (TPSA) is 92.5 Å². The van der Waals surface area contributed by atoms with Gasteiger partial charge in [0.25, 0.3) is 5.69 Å². The molecule has 6 nitrogen and oxygen atoms in total. The number of nitro groups is 1. The number of phenols is 1. The van der Waals surface area contributed by atoms with Crippen LogP contribution in [0.25, 0.3) is 6.08 Å². The van der Waals surface area contributed by atoms with Crippen molar-refractivity contribution in [1.29, 1.82) is 0 Å². The van der Waals surface area contributed by atoms with Crippen molar-refractivity contribution in [3.8, 4) is 5.75 Å². The van der Waals surface area contributed by atoms with Crippen LogP contribution in [0.1, 0.15) is 5.56 Å². The van der Waals surface area contributed by atoms with E-state index in [0.29, 0.717) is 0 Å². The van der Waals surface area contributed by atoms with Crippen molar-refractivity contribution in [2.24, 2.45) is 0 Å². The lowest BCUT2D eigenvalue weighted by atomic mass is 10.2. The zero-order chi connectivity index (χ0) is 16.1. The summed E-state index contributed by atoms with van der Waals surface area (Å²) in [4.78, 5) is 21.8. The molecule has 2 aromatic carbocycles. The summed E-state index contributed by atoms with van der Waals surface area (Å²) in [5, 5.41) is 22.4. The molecule has 0 spiro atoms. The quantitative estimate of drug-likeness (QED) is 0.511. The Balaban J connectivity index is 2.05. The first-order valence-corrected chi connectivity index (χ1v) is 6.55. The van der Waals surface area contributed by atoms with E-state index < -0.39 is 10.8 Å². The molecule has 0 saturated heterocycles. The Morgan fingerprint density at radius 3 is 2.50 bits per heavy atom. The summed E-state index contributed by atoms with van der Waals surface area (Å²) >= 11 is 5.88. The summed E-state index contributed by atoms with van der Waals surface area (Å²) < 4.78 is 0. The van der Waals surface area contributed by atoms with E-state index in [2.05, 4.69) is 5.32 Å². The zero-order valence-electron chi connectivity index (χ0n) is 11.2. The van der Waals surface area contributed by atoms with Crippen LogP contribution in [-0.4, -0.2) is 15.9 Å². The van der Waals surface area contributed by atoms with Gasteiger partial charge in [-0.3, -0.25) is 14.9 Å². The van der Waals surface area contributed by atoms with Gasteiger partial charge in [-0.2, -0.15) is 0 Å². The van der Waals surface area contributed by atoms with Crippen LogP contribution in [0, 0.1) is 10.1 Å². The van der Waals surface area contributed by atoms with Gasteiger partial charge < -0.3 is 10.4 Å². The maximum absolute atomic E-state index is 11.8. The fourth-order valence-electron chi connectivity index (χ4n) is 1.65. The SMILES string of the molecule is O=C(/C=C/c1ccc(O)cc1)Nc1ccc([N+](=O)[O-])cc1Cl. The number of nitrogens with one attached hydrogen (secondary N) is 1. The van der Waals surface area contributed by atoms with E-state index in [1.807, 2.05) is 0 Å². The van der Waals surface area contributed by atoms with Gasteiger partial charge in [-0.05, 0) is 29.8 Å². The third-order valence-corrected chi connectivity index (χ3v) is 3.05. The van der Waals surface area contributed by atoms with Crippen LogP contribution in [-0.2, 0) is 4.79 Å². The molecule has 1 amide bonds. The lowest BCUT2D eigenvalue weighted by Crippen LogP contribution is -2.08. The first-order chi connectivity index (χ1) is 10.5. The highest BCUT2D eigenvalue weighted by Crippen LogP contribution is 2.26. The van der Waals surface area contributed by atoms with Crippen molar-refractivity contribution in [3.05, 3.63) is 69.2 Å². The molecule has 0 aliphatic rings. The number of nitrogens with zero attached hydrogens (tertiary/aromatic N) is 1. The molecule has 0 fully saturated rings. The van der Waals surface area contributed by atoms with Gasteiger partial charge in [-0.15, -0.1) is 0 Å². The number of non-ortho nitro benzene ring substituents is 1. The molecule has 0 radical (unpaired) electrons. The molecule has 0 atom stereocenters. The van der Waals surface area contributed by atoms with Gasteiger partial charge >= 0.3 is 0 Å². The van der Waals surface area contributed by atoms with Gasteiger partial charge in [-0.1, -0.05) is 23.7 Å². The molecule has 0 saturated carbocycles. The Kier molecular flexibility index (Phi) is 4.75. The Bertz CT molecular complexity index is 742. The Labute approximate surface area is 130 Å². The molecule has 112 valence electrons. The summed E-state index contributed by atoms with van der Waals surface area (Å²) in [5.41, 5.74) is 0.873. The van der Waals surface area contributed by atoms with Crippen molar-refractivity contribution < 1.29 is 14.8 Å². The number of amides is 1. The fourth-order valence-corrected chi connectivity index (χ4v) is 1.87. The number of halogens is 1. The molecule has 0 aromatic heterocycles. The van der Waals surface area contributed by atoms with Crippen LogP contribution in [0.15, 0.2) is 48.5 Å². The standard InChI is InChI=1S/C15H11ClN2O4/c16-13-9-11(18(21)22)4-7-14(13)17-15(20)8-3-10-1-5-12(19)6-2-10/h1-9,19H,(H,17,20)/b8-3+. The van der Waals surface area contributed by atoms with Crippen molar-refractivity contribution in [3.63, 3.8) is 0 Å². The van der Waals surface area contributed by atoms with Crippen molar-refractivity contribution in [2.75, 3.05) is 5.32 Å². The number of benzene rings is 2. The molecule has 2 rings (SSSR count). The van der Waals surface area contributed by atoms with Crippen molar-refractivity contribution in [2.45, 2.75) is 0 Å². The molecule has 7 heteroatoms. The molecule has 0 heterocycles. The summed E-state index contributed by atoms with van der Waals surface area (Å²) in [6.07, 6.45) is 2.86. The third kappa shape index (κ3) is 4.07. The molecule has 2 N–H and O–H groups in total. The largest absolute Gasteiger partial charge is 0.508 e. The lowest BCUT2D eigenvalue weighted by Gasteiger charge is -2.04. The second kappa shape index (κ2) is 6.73. The van der Waals surface area contributed by atoms with E-state index in [9.17, 15) is 14.9 Å². The van der Waals surface area contributed by atoms with E-state index in [1.54, 1.807) is 18.2 Å². The average molecular weight is 319 g/mol. The molecule has 0 unspecified atom stereocenters. The monoisotopic (exact) mass is 318 g/mol. The molecule has 22 heavy (non-hydrogen) atoms. The van der Waals surface area contributed by atoms with Gasteiger partial charge in [0.2, 0.25) is 5.91 Å². The summed E-state index contributed by atoms with van der Waals surface area (Å²) in [6, 6.07) is 10.1. The maximum atomic E-state index is 11.8. The van der Waals surface area contributed by atoms with E-state index in [1.165, 1.54) is 36.4 Å². The number of aromatic hydroxyl groups is 1. The van der Waals surface area contributed by atoms with E-state index in [4.69, 9.17) is 16.7 Å². The number of nitro benzene ring substituents is 1. The Morgan fingerprint density at radius 2 is 1.91 bits per heavy atom. The third-order valence-electron chi connectivity index (χ3n) is 2.74. The minimum atomic E-state index is -0.567. The van der Waals surface area contributed by atoms with Crippen LogP contribution in [0.5, 0.6) is 5.75 Å². The van der Waals surface area contributed by atoms with Crippen molar-refractivity contribution in [1.82, 2.24) is 0 Å². The van der Waals surface area contributed by atoms with E-state index in [0.717, 1.165) is 5.56 Å². The molecule has 0 aliphatic heterocycles. The summed E-state index contributed by atoms with van der Waals surface area (Å²) in [5.74, 6) is -0.289. The zero-order valence-corrected chi connectivity index (χ0v) is 11.9. The number of carbonyl (C=O) groups excluding carboxylic acids is 1. The number of hydrogen-bond donors (Lipinski definition) is 2. The summed E-state index contributed by atoms with van der Waals surface area (Å²) in [6.45, 7) is 0. The van der Waals surface area contributed by atoms with Crippen molar-refractivity contribution >= 4 is 35.0 Å². The molecule has 2 aromatic rings. The summed E-state index contributed by atoms with van der Waals surface area (Å²) in [7, 11) is 0. The highest BCUT2D eigenvalue weighted by atomic mass is 35.5. The minimum Gasteiger partial charge on any atom is -0.508 e. The van der Waals surface area contributed by atoms with Crippen LogP contribution < -0.4 is 5.32 Å². The van der Waals surface area contributed by atoms with Crippen LogP contribution >= 0.6 is 11.6 Å². The van der Waals surface area contributed by atoms with E-state index in [-0.39, 0.29) is 22.1 Å². The number of carbonyl (C=O) groups is 1. The van der Waals surface area contributed by atoms with Gasteiger partial charge in [-0.25, -0.2) is 0 Å². The normalized spacial score (nSPS) is 10.6. The Morgan fingerprint density at radius 1 is 1.23 bits per heavy atom. The van der Waals surface area contributed by atoms with Gasteiger partial charge in [0.1, 0.15) is 5.75 Å². The fraction of sp³-hybridized carbons (Fsp3) is 0. The maximum Gasteiger partial charge on any atom is 0.271 e. The highest BCUT2D eigenvalue weighted by Gasteiger charge is 2.10. The van der Waals surface area contributed by atoms with Gasteiger partial charge in [0, 0.05) is 18.2 Å². The number of hydrogen-bond acceptors (Lipinski definition) is 4. The smallest absolute Gasteiger partial charge is 0.271 e. The first kappa shape index (κ1) is 15.5. The van der Waals surface area contributed by atoms with Gasteiger partial charge in [0.05, 0.1) is 15.6 Å². The van der Waals surface area contributed by atoms with Crippen LogP contribution in [0.4, 0.5) is 11.4 Å². The van der Waals surface area contributed by atoms with Gasteiger partial charge in [0.15, 0.2) is 0 Å². The number of anilines is 1. The second-order valence-corrected chi connectivity index (χ2v) is 4.74. The molecular formula is C15H11ClN2O4. The average Bonchev–Trinajstić information content (AvgIpc) is 2.48. The highest BCUT2D eigenvalue weighted by molar-refractivity contribution is 6.34. The number of rotatable bonds is 4. The minimum absolute atomic E-state index is 0.0839. The molecule has 0 bridgehead atoms. The number of phenolic OH excluding ortho intramolecular Hbond substituents is 1. The second-order valence-electron chi connectivity index (χ2n) is 4.34. The van der Waals surface area contributed by atoms with Crippen LogP contribution in [0.3, 0.4) is 0 Å². The first-order valence-electron chi connectivity index (χ1n) is 6.18. The lowest BCUT2D eigenvalue weighted by molar-refractivity contribution is -0.384. The van der Waals surface area contributed by atoms with Crippen LogP contribution in [0.2, 0.25) is 5.02 Å². The molecule has 0 aliphatic carbocycles. The predicted octanol–water partition coefficient (Wildman–Crippen LogP) is 3.61. The molecular weight excluding hydrogens is 308 g/mol. The Hall–Kier alpha value is -2.86. The van der Waals surface area contributed by atoms with E-state index >= 15 is 0 Å².